The highest BCUT2D eigenvalue weighted by Gasteiger charge is 2.22. The predicted molar refractivity (Wildman–Crippen MR) is 119 cm³/mol. The Morgan fingerprint density at radius 2 is 1.74 bits per heavy atom. The van der Waals surface area contributed by atoms with E-state index in [2.05, 4.69) is 0 Å². The van der Waals surface area contributed by atoms with Crippen molar-refractivity contribution in [1.82, 2.24) is 14.9 Å². The molecular formula is C23H26N4O4. The second-order valence-electron chi connectivity index (χ2n) is 7.31. The molecule has 8 heteroatoms. The minimum absolute atomic E-state index is 0.0410. The minimum atomic E-state index is 0.0410. The van der Waals surface area contributed by atoms with Crippen molar-refractivity contribution in [2.24, 2.45) is 0 Å². The number of carbonyl (C=O) groups is 1. The number of rotatable bonds is 6. The summed E-state index contributed by atoms with van der Waals surface area (Å²) in [7, 11) is 5.05. The Morgan fingerprint density at radius 3 is 2.42 bits per heavy atom. The highest BCUT2D eigenvalue weighted by molar-refractivity contribution is 5.95. The quantitative estimate of drug-likeness (QED) is 0.604. The van der Waals surface area contributed by atoms with Crippen LogP contribution in [0.15, 0.2) is 42.5 Å². The van der Waals surface area contributed by atoms with E-state index < -0.39 is 0 Å². The molecule has 0 spiro atoms. The molecule has 0 saturated carbocycles. The van der Waals surface area contributed by atoms with Crippen LogP contribution in [0.3, 0.4) is 0 Å². The van der Waals surface area contributed by atoms with Gasteiger partial charge in [-0.2, -0.15) is 0 Å². The third kappa shape index (κ3) is 4.39. The van der Waals surface area contributed by atoms with E-state index in [1.165, 1.54) is 0 Å². The van der Waals surface area contributed by atoms with Crippen molar-refractivity contribution in [1.29, 1.82) is 0 Å². The Bertz CT molecular complexity index is 1070. The van der Waals surface area contributed by atoms with Gasteiger partial charge in [0.2, 0.25) is 5.91 Å². The zero-order valence-corrected chi connectivity index (χ0v) is 18.0. The summed E-state index contributed by atoms with van der Waals surface area (Å²) >= 11 is 0. The molecule has 162 valence electrons. The van der Waals surface area contributed by atoms with E-state index in [1.807, 2.05) is 59.3 Å². The Balaban J connectivity index is 1.77. The number of hydrogen-bond acceptors (Lipinski definition) is 7. The van der Waals surface area contributed by atoms with Gasteiger partial charge >= 0.3 is 0 Å². The Hall–Kier alpha value is -3.39. The van der Waals surface area contributed by atoms with Gasteiger partial charge in [-0.1, -0.05) is 30.3 Å². The smallest absolute Gasteiger partial charge is 0.242 e. The van der Waals surface area contributed by atoms with Crippen LogP contribution in [-0.2, 0) is 9.53 Å². The summed E-state index contributed by atoms with van der Waals surface area (Å²) in [5.41, 5.74) is 1.61. The number of aromatic nitrogens is 2. The molecule has 0 unspecified atom stereocenters. The predicted octanol–water partition coefficient (Wildman–Crippen LogP) is 2.61. The van der Waals surface area contributed by atoms with Crippen LogP contribution >= 0.6 is 0 Å². The largest absolute Gasteiger partial charge is 0.493 e. The molecule has 0 bridgehead atoms. The second-order valence-corrected chi connectivity index (χ2v) is 7.31. The lowest BCUT2D eigenvalue weighted by atomic mass is 10.1. The highest BCUT2D eigenvalue weighted by atomic mass is 16.5. The summed E-state index contributed by atoms with van der Waals surface area (Å²) in [5, 5.41) is 0.787. The van der Waals surface area contributed by atoms with E-state index in [1.54, 1.807) is 14.2 Å². The summed E-state index contributed by atoms with van der Waals surface area (Å²) in [6, 6.07) is 13.5. The maximum absolute atomic E-state index is 12.8. The van der Waals surface area contributed by atoms with Crippen molar-refractivity contribution in [2.75, 3.05) is 59.0 Å². The first-order valence-electron chi connectivity index (χ1n) is 10.2. The molecule has 1 aliphatic rings. The number of likely N-dealkylation sites (N-methyl/N-ethyl adjacent to an activating group) is 1. The first-order chi connectivity index (χ1) is 15.1. The number of hydrogen-bond donors (Lipinski definition) is 0. The fraction of sp³-hybridized carbons (Fsp3) is 0.348. The van der Waals surface area contributed by atoms with Gasteiger partial charge in [0.05, 0.1) is 39.5 Å². The topological polar surface area (TPSA) is 77.0 Å². The summed E-state index contributed by atoms with van der Waals surface area (Å²) in [6.45, 7) is 2.56. The van der Waals surface area contributed by atoms with E-state index >= 15 is 0 Å². The Morgan fingerprint density at radius 1 is 1.06 bits per heavy atom. The number of methoxy groups -OCH3 is 2. The van der Waals surface area contributed by atoms with Crippen molar-refractivity contribution in [3.05, 3.63) is 42.5 Å². The van der Waals surface area contributed by atoms with E-state index in [0.717, 1.165) is 10.9 Å². The number of amides is 1. The molecule has 1 aromatic heterocycles. The summed E-state index contributed by atoms with van der Waals surface area (Å²) in [4.78, 5) is 26.1. The first-order valence-corrected chi connectivity index (χ1v) is 10.2. The molecule has 1 saturated heterocycles. The molecule has 3 aromatic rings. The maximum Gasteiger partial charge on any atom is 0.242 e. The molecule has 0 atom stereocenters. The number of morpholine rings is 1. The van der Waals surface area contributed by atoms with Crippen LogP contribution < -0.4 is 14.4 Å². The highest BCUT2D eigenvalue weighted by Crippen LogP contribution is 2.36. The first kappa shape index (κ1) is 20.9. The van der Waals surface area contributed by atoms with Gasteiger partial charge in [-0.25, -0.2) is 9.97 Å². The summed E-state index contributed by atoms with van der Waals surface area (Å²) < 4.78 is 16.3. The van der Waals surface area contributed by atoms with Crippen molar-refractivity contribution in [2.45, 2.75) is 0 Å². The molecule has 2 heterocycles. The molecule has 2 aromatic carbocycles. The molecule has 0 N–H and O–H groups in total. The molecule has 1 aliphatic heterocycles. The van der Waals surface area contributed by atoms with Crippen molar-refractivity contribution >= 4 is 22.6 Å². The number of ether oxygens (including phenoxy) is 3. The lowest BCUT2D eigenvalue weighted by Crippen LogP contribution is -2.45. The van der Waals surface area contributed by atoms with Crippen LogP contribution in [-0.4, -0.2) is 74.9 Å². The lowest BCUT2D eigenvalue weighted by molar-refractivity contribution is -0.133. The zero-order chi connectivity index (χ0) is 21.8. The molecule has 4 rings (SSSR count). The van der Waals surface area contributed by atoms with Gasteiger partial charge < -0.3 is 24.0 Å². The minimum Gasteiger partial charge on any atom is -0.493 e. The van der Waals surface area contributed by atoms with Crippen LogP contribution in [0, 0.1) is 0 Å². The zero-order valence-electron chi connectivity index (χ0n) is 18.0. The third-order valence-corrected chi connectivity index (χ3v) is 5.31. The summed E-state index contributed by atoms with van der Waals surface area (Å²) in [6.07, 6.45) is 0. The van der Waals surface area contributed by atoms with Crippen LogP contribution in [0.1, 0.15) is 0 Å². The van der Waals surface area contributed by atoms with Gasteiger partial charge in [-0.05, 0) is 6.07 Å². The fourth-order valence-electron chi connectivity index (χ4n) is 3.64. The molecule has 0 radical (unpaired) electrons. The van der Waals surface area contributed by atoms with Crippen molar-refractivity contribution in [3.63, 3.8) is 0 Å². The molecule has 31 heavy (non-hydrogen) atoms. The van der Waals surface area contributed by atoms with Crippen LogP contribution in [0.25, 0.3) is 22.3 Å². The van der Waals surface area contributed by atoms with Gasteiger partial charge in [0, 0.05) is 37.2 Å². The van der Waals surface area contributed by atoms with Crippen LogP contribution in [0.2, 0.25) is 0 Å². The third-order valence-electron chi connectivity index (χ3n) is 5.31. The average Bonchev–Trinajstić information content (AvgIpc) is 2.83. The van der Waals surface area contributed by atoms with E-state index in [4.69, 9.17) is 24.2 Å². The number of fused-ring (bicyclic) bond motifs is 1. The van der Waals surface area contributed by atoms with E-state index in [-0.39, 0.29) is 12.5 Å². The van der Waals surface area contributed by atoms with Crippen LogP contribution in [0.4, 0.5) is 5.82 Å². The average molecular weight is 422 g/mol. The fourth-order valence-corrected chi connectivity index (χ4v) is 3.64. The van der Waals surface area contributed by atoms with Gasteiger partial charge in [-0.3, -0.25) is 4.79 Å². The van der Waals surface area contributed by atoms with E-state index in [9.17, 15) is 4.79 Å². The normalized spacial score (nSPS) is 13.8. The molecular weight excluding hydrogens is 396 g/mol. The summed E-state index contributed by atoms with van der Waals surface area (Å²) in [5.74, 6) is 2.46. The van der Waals surface area contributed by atoms with Gasteiger partial charge in [0.15, 0.2) is 17.3 Å². The Kier molecular flexibility index (Phi) is 6.18. The second kappa shape index (κ2) is 9.18. The Labute approximate surface area is 181 Å². The van der Waals surface area contributed by atoms with Crippen molar-refractivity contribution < 1.29 is 19.0 Å². The molecule has 1 amide bonds. The number of benzene rings is 2. The monoisotopic (exact) mass is 422 g/mol. The standard InChI is InChI=1S/C23H26N4O4/c1-26(15-21(28)27-9-11-31-12-10-27)23-17-13-19(29-2)20(30-3)14-18(17)24-22(25-23)16-7-5-4-6-8-16/h4-8,13-14H,9-12,15H2,1-3H3. The number of carbonyl (C=O) groups excluding carboxylic acids is 1. The maximum atomic E-state index is 12.8. The van der Waals surface area contributed by atoms with Crippen molar-refractivity contribution in [3.8, 4) is 22.9 Å². The van der Waals surface area contributed by atoms with Crippen LogP contribution in [0.5, 0.6) is 11.5 Å². The molecule has 0 aliphatic carbocycles. The number of nitrogens with zero attached hydrogens (tertiary/aromatic N) is 4. The van der Waals surface area contributed by atoms with Gasteiger partial charge in [-0.15, -0.1) is 0 Å². The molecule has 1 fully saturated rings. The SMILES string of the molecule is COc1cc2nc(-c3ccccc3)nc(N(C)CC(=O)N3CCOCC3)c2cc1OC. The lowest BCUT2D eigenvalue weighted by Gasteiger charge is -2.29. The van der Waals surface area contributed by atoms with E-state index in [0.29, 0.717) is 55.0 Å². The number of anilines is 1. The van der Waals surface area contributed by atoms with Gasteiger partial charge in [0.1, 0.15) is 5.82 Å². The van der Waals surface area contributed by atoms with Gasteiger partial charge in [0.25, 0.3) is 0 Å². The molecule has 8 nitrogen and oxygen atoms in total.